The zero-order valence-electron chi connectivity index (χ0n) is 17.6. The summed E-state index contributed by atoms with van der Waals surface area (Å²) in [4.78, 5) is 12.9. The van der Waals surface area contributed by atoms with Gasteiger partial charge in [0.25, 0.3) is 5.91 Å². The van der Waals surface area contributed by atoms with Crippen molar-refractivity contribution >= 4 is 15.9 Å². The Morgan fingerprint density at radius 2 is 1.76 bits per heavy atom. The number of hydrogen-bond donors (Lipinski definition) is 2. The first kappa shape index (κ1) is 21.3. The Hall–Kier alpha value is -3.56. The van der Waals surface area contributed by atoms with Crippen LogP contribution in [0, 0.1) is 0 Å². The maximum Gasteiger partial charge on any atom is 0.251 e. The molecule has 0 bridgehead atoms. The summed E-state index contributed by atoms with van der Waals surface area (Å²) >= 11 is 0. The normalized spacial score (nSPS) is 16.5. The lowest BCUT2D eigenvalue weighted by atomic mass is 10.00. The molecule has 0 aromatic heterocycles. The fourth-order valence-electron chi connectivity index (χ4n) is 3.85. The van der Waals surface area contributed by atoms with Gasteiger partial charge in [0.05, 0.1) is 17.5 Å². The van der Waals surface area contributed by atoms with Gasteiger partial charge in [-0.25, -0.2) is 13.1 Å². The number of ether oxygens (including phenoxy) is 3. The molecule has 0 saturated heterocycles. The second kappa shape index (κ2) is 8.76. The van der Waals surface area contributed by atoms with E-state index in [-0.39, 0.29) is 35.7 Å². The third kappa shape index (κ3) is 4.50. The topological polar surface area (TPSA) is 103 Å². The van der Waals surface area contributed by atoms with Gasteiger partial charge in [-0.1, -0.05) is 30.3 Å². The van der Waals surface area contributed by atoms with Crippen molar-refractivity contribution in [2.24, 2.45) is 0 Å². The SMILES string of the molecule is O=C(N[C@H]1CCOc2ccccc21)c1cccc(S(=O)(=O)NCc2ccc3c(c2)OCO3)c1. The quantitative estimate of drug-likeness (QED) is 0.579. The van der Waals surface area contributed by atoms with Crippen molar-refractivity contribution in [3.05, 3.63) is 83.4 Å². The Balaban J connectivity index is 1.29. The summed E-state index contributed by atoms with van der Waals surface area (Å²) < 4.78 is 44.5. The van der Waals surface area contributed by atoms with Crippen molar-refractivity contribution in [3.63, 3.8) is 0 Å². The first-order chi connectivity index (χ1) is 16.0. The molecule has 0 unspecified atom stereocenters. The largest absolute Gasteiger partial charge is 0.493 e. The van der Waals surface area contributed by atoms with Gasteiger partial charge in [-0.3, -0.25) is 4.79 Å². The smallest absolute Gasteiger partial charge is 0.251 e. The van der Waals surface area contributed by atoms with Gasteiger partial charge < -0.3 is 19.5 Å². The molecule has 170 valence electrons. The van der Waals surface area contributed by atoms with E-state index in [1.165, 1.54) is 12.1 Å². The van der Waals surface area contributed by atoms with Crippen LogP contribution in [0.15, 0.2) is 71.6 Å². The molecule has 5 rings (SSSR count). The minimum Gasteiger partial charge on any atom is -0.493 e. The average molecular weight is 467 g/mol. The van der Waals surface area contributed by atoms with Gasteiger partial charge in [-0.05, 0) is 42.0 Å². The van der Waals surface area contributed by atoms with Crippen LogP contribution < -0.4 is 24.2 Å². The maximum atomic E-state index is 12.9. The number of sulfonamides is 1. The molecule has 3 aromatic carbocycles. The van der Waals surface area contributed by atoms with E-state index in [2.05, 4.69) is 10.0 Å². The molecule has 2 aliphatic heterocycles. The van der Waals surface area contributed by atoms with Gasteiger partial charge in [-0.15, -0.1) is 0 Å². The van der Waals surface area contributed by atoms with E-state index in [1.807, 2.05) is 24.3 Å². The molecule has 2 heterocycles. The van der Waals surface area contributed by atoms with Crippen molar-refractivity contribution in [3.8, 4) is 17.2 Å². The van der Waals surface area contributed by atoms with E-state index in [0.717, 1.165) is 16.9 Å². The lowest BCUT2D eigenvalue weighted by Crippen LogP contribution is -2.32. The van der Waals surface area contributed by atoms with Gasteiger partial charge in [0.2, 0.25) is 16.8 Å². The molecule has 3 aromatic rings. The predicted octanol–water partition coefficient (Wildman–Crippen LogP) is 3.15. The van der Waals surface area contributed by atoms with E-state index in [9.17, 15) is 13.2 Å². The molecule has 9 heteroatoms. The highest BCUT2D eigenvalue weighted by Crippen LogP contribution is 2.33. The molecule has 1 amide bonds. The third-order valence-electron chi connectivity index (χ3n) is 5.57. The monoisotopic (exact) mass is 466 g/mol. The lowest BCUT2D eigenvalue weighted by Gasteiger charge is -2.26. The van der Waals surface area contributed by atoms with E-state index in [0.29, 0.717) is 24.5 Å². The molecule has 2 aliphatic rings. The van der Waals surface area contributed by atoms with Crippen molar-refractivity contribution in [2.45, 2.75) is 23.9 Å². The van der Waals surface area contributed by atoms with Crippen LogP contribution in [0.3, 0.4) is 0 Å². The molecule has 33 heavy (non-hydrogen) atoms. The summed E-state index contributed by atoms with van der Waals surface area (Å²) in [6.07, 6.45) is 0.637. The molecular formula is C24H22N2O6S. The summed E-state index contributed by atoms with van der Waals surface area (Å²) in [5, 5.41) is 2.99. The molecular weight excluding hydrogens is 444 g/mol. The number of nitrogens with one attached hydrogen (secondary N) is 2. The number of carbonyl (C=O) groups is 1. The molecule has 1 atom stereocenters. The van der Waals surface area contributed by atoms with E-state index in [1.54, 1.807) is 30.3 Å². The number of benzene rings is 3. The number of hydrogen-bond acceptors (Lipinski definition) is 6. The minimum absolute atomic E-state index is 0.0169. The van der Waals surface area contributed by atoms with Crippen LogP contribution in [0.5, 0.6) is 17.2 Å². The van der Waals surface area contributed by atoms with Crippen LogP contribution in [0.25, 0.3) is 0 Å². The molecule has 0 saturated carbocycles. The van der Waals surface area contributed by atoms with Crippen molar-refractivity contribution < 1.29 is 27.4 Å². The standard InChI is InChI=1S/C24H22N2O6S/c27-24(26-20-10-11-30-21-7-2-1-6-19(20)21)17-4-3-5-18(13-17)33(28,29)25-14-16-8-9-22-23(12-16)32-15-31-22/h1-9,12-13,20,25H,10-11,14-15H2,(H,26,27)/t20-/m0/s1. The van der Waals surface area contributed by atoms with Gasteiger partial charge in [-0.2, -0.15) is 0 Å². The summed E-state index contributed by atoms with van der Waals surface area (Å²) in [5.74, 6) is 1.62. The van der Waals surface area contributed by atoms with Crippen LogP contribution in [0.4, 0.5) is 0 Å². The molecule has 2 N–H and O–H groups in total. The molecule has 0 fully saturated rings. The van der Waals surface area contributed by atoms with Gasteiger partial charge in [0, 0.05) is 24.1 Å². The Kier molecular flexibility index (Phi) is 5.65. The van der Waals surface area contributed by atoms with Gasteiger partial charge in [0.1, 0.15) is 5.75 Å². The Labute approximate surface area is 191 Å². The van der Waals surface area contributed by atoms with Crippen LogP contribution in [-0.4, -0.2) is 27.7 Å². The fourth-order valence-corrected chi connectivity index (χ4v) is 4.91. The summed E-state index contributed by atoms with van der Waals surface area (Å²) in [5.41, 5.74) is 1.91. The lowest BCUT2D eigenvalue weighted by molar-refractivity contribution is 0.0924. The van der Waals surface area contributed by atoms with Crippen molar-refractivity contribution in [2.75, 3.05) is 13.4 Å². The Morgan fingerprint density at radius 3 is 2.67 bits per heavy atom. The summed E-state index contributed by atoms with van der Waals surface area (Å²) in [7, 11) is -3.83. The second-order valence-corrected chi connectivity index (χ2v) is 9.51. The Bertz CT molecular complexity index is 1310. The minimum atomic E-state index is -3.83. The molecule has 0 aliphatic carbocycles. The highest BCUT2D eigenvalue weighted by atomic mass is 32.2. The van der Waals surface area contributed by atoms with Crippen molar-refractivity contribution in [1.82, 2.24) is 10.0 Å². The zero-order chi connectivity index (χ0) is 22.8. The number of carbonyl (C=O) groups excluding carboxylic acids is 1. The van der Waals surface area contributed by atoms with Crippen molar-refractivity contribution in [1.29, 1.82) is 0 Å². The highest BCUT2D eigenvalue weighted by molar-refractivity contribution is 7.89. The van der Waals surface area contributed by atoms with Crippen LogP contribution in [-0.2, 0) is 16.6 Å². The number of amides is 1. The van der Waals surface area contributed by atoms with Crippen LogP contribution in [0.2, 0.25) is 0 Å². The maximum absolute atomic E-state index is 12.9. The average Bonchev–Trinajstić information content (AvgIpc) is 3.31. The predicted molar refractivity (Wildman–Crippen MR) is 120 cm³/mol. The van der Waals surface area contributed by atoms with E-state index >= 15 is 0 Å². The zero-order valence-corrected chi connectivity index (χ0v) is 18.4. The molecule has 0 spiro atoms. The van der Waals surface area contributed by atoms with E-state index in [4.69, 9.17) is 14.2 Å². The van der Waals surface area contributed by atoms with Crippen LogP contribution >= 0.6 is 0 Å². The highest BCUT2D eigenvalue weighted by Gasteiger charge is 2.24. The van der Waals surface area contributed by atoms with Crippen LogP contribution in [0.1, 0.15) is 33.9 Å². The summed E-state index contributed by atoms with van der Waals surface area (Å²) in [6, 6.07) is 18.6. The van der Waals surface area contributed by atoms with Gasteiger partial charge >= 0.3 is 0 Å². The summed E-state index contributed by atoms with van der Waals surface area (Å²) in [6.45, 7) is 0.729. The first-order valence-corrected chi connectivity index (χ1v) is 12.0. The van der Waals surface area contributed by atoms with Gasteiger partial charge in [0.15, 0.2) is 11.5 Å². The number of para-hydroxylation sites is 1. The first-order valence-electron chi connectivity index (χ1n) is 10.5. The third-order valence-corrected chi connectivity index (χ3v) is 6.97. The molecule has 8 nitrogen and oxygen atoms in total. The number of fused-ring (bicyclic) bond motifs is 2. The fraction of sp³-hybridized carbons (Fsp3) is 0.208. The second-order valence-electron chi connectivity index (χ2n) is 7.74. The Morgan fingerprint density at radius 1 is 0.909 bits per heavy atom. The number of rotatable bonds is 6. The van der Waals surface area contributed by atoms with E-state index < -0.39 is 10.0 Å². The molecule has 0 radical (unpaired) electrons.